The maximum absolute atomic E-state index is 12.6. The van der Waals surface area contributed by atoms with Gasteiger partial charge in [-0.3, -0.25) is 9.69 Å². The van der Waals surface area contributed by atoms with E-state index < -0.39 is 24.7 Å². The van der Waals surface area contributed by atoms with Gasteiger partial charge in [-0.25, -0.2) is 0 Å². The number of amides is 1. The number of hydrogen-bond acceptors (Lipinski definition) is 3. The molecule has 3 rings (SSSR count). The van der Waals surface area contributed by atoms with Gasteiger partial charge in [0.05, 0.1) is 6.04 Å². The van der Waals surface area contributed by atoms with Crippen LogP contribution < -0.4 is 5.32 Å². The van der Waals surface area contributed by atoms with Crippen LogP contribution in [0.15, 0.2) is 24.3 Å². The number of alkyl halides is 3. The van der Waals surface area contributed by atoms with Gasteiger partial charge in [0.15, 0.2) is 0 Å². The Kier molecular flexibility index (Phi) is 5.34. The van der Waals surface area contributed by atoms with Gasteiger partial charge >= 0.3 is 6.18 Å². The number of nitrogens with one attached hydrogen (secondary N) is 1. The summed E-state index contributed by atoms with van der Waals surface area (Å²) in [6.07, 6.45) is -2.93. The quantitative estimate of drug-likeness (QED) is 0.901. The number of likely N-dealkylation sites (tertiary alicyclic amines) is 1. The second-order valence-corrected chi connectivity index (χ2v) is 6.73. The first kappa shape index (κ1) is 18.2. The molecule has 1 aromatic rings. The fraction of sp³-hybridized carbons (Fsp3) is 0.611. The van der Waals surface area contributed by atoms with Crippen molar-refractivity contribution in [3.05, 3.63) is 35.4 Å². The van der Waals surface area contributed by atoms with Gasteiger partial charge in [0, 0.05) is 32.2 Å². The molecule has 0 radical (unpaired) electrons. The normalized spacial score (nSPS) is 25.6. The third-order valence-corrected chi connectivity index (χ3v) is 5.10. The van der Waals surface area contributed by atoms with Crippen molar-refractivity contribution in [2.24, 2.45) is 0 Å². The predicted molar refractivity (Wildman–Crippen MR) is 89.2 cm³/mol. The number of nitrogens with zero attached hydrogens (tertiary/aromatic N) is 2. The highest BCUT2D eigenvalue weighted by molar-refractivity contribution is 5.84. The standard InChI is InChI=1S/C18H24F3N3O/c1-2-13-3-5-14(6-4-13)16-11-22-8-10-24(16)15-7-9-23(17(15)25)12-18(19,20)21/h3-6,15-16,22H,2,7-12H2,1H3. The average Bonchev–Trinajstić information content (AvgIpc) is 2.94. The van der Waals surface area contributed by atoms with E-state index in [2.05, 4.69) is 41.4 Å². The van der Waals surface area contributed by atoms with Crippen LogP contribution in [0.5, 0.6) is 0 Å². The van der Waals surface area contributed by atoms with E-state index in [-0.39, 0.29) is 12.6 Å². The Labute approximate surface area is 146 Å². The molecule has 2 atom stereocenters. The van der Waals surface area contributed by atoms with Gasteiger partial charge in [-0.1, -0.05) is 31.2 Å². The zero-order chi connectivity index (χ0) is 18.0. The molecule has 2 saturated heterocycles. The highest BCUT2D eigenvalue weighted by Gasteiger charge is 2.43. The number of benzene rings is 1. The van der Waals surface area contributed by atoms with Crippen molar-refractivity contribution in [2.75, 3.05) is 32.7 Å². The van der Waals surface area contributed by atoms with Gasteiger partial charge in [-0.15, -0.1) is 0 Å². The van der Waals surface area contributed by atoms with Crippen molar-refractivity contribution in [1.29, 1.82) is 0 Å². The summed E-state index contributed by atoms with van der Waals surface area (Å²) in [6.45, 7) is 3.23. The number of halogens is 3. The van der Waals surface area contributed by atoms with Gasteiger partial charge in [-0.05, 0) is 24.0 Å². The third-order valence-electron chi connectivity index (χ3n) is 5.10. The summed E-state index contributed by atoms with van der Waals surface area (Å²) in [4.78, 5) is 15.6. The van der Waals surface area contributed by atoms with E-state index in [9.17, 15) is 18.0 Å². The van der Waals surface area contributed by atoms with Crippen molar-refractivity contribution < 1.29 is 18.0 Å². The summed E-state index contributed by atoms with van der Waals surface area (Å²) in [5.41, 5.74) is 2.35. The second kappa shape index (κ2) is 7.33. The largest absolute Gasteiger partial charge is 0.406 e. The first-order valence-corrected chi connectivity index (χ1v) is 8.80. The predicted octanol–water partition coefficient (Wildman–Crippen LogP) is 2.36. The summed E-state index contributed by atoms with van der Waals surface area (Å²) in [5.74, 6) is -0.394. The number of hydrogen-bond donors (Lipinski definition) is 1. The molecule has 1 amide bonds. The van der Waals surface area contributed by atoms with E-state index in [0.29, 0.717) is 19.5 Å². The first-order valence-electron chi connectivity index (χ1n) is 8.80. The van der Waals surface area contributed by atoms with E-state index in [1.54, 1.807) is 0 Å². The van der Waals surface area contributed by atoms with Gasteiger partial charge in [0.1, 0.15) is 6.54 Å². The minimum Gasteiger partial charge on any atom is -0.332 e. The summed E-state index contributed by atoms with van der Waals surface area (Å²) >= 11 is 0. The molecular weight excluding hydrogens is 331 g/mol. The Balaban J connectivity index is 1.75. The van der Waals surface area contributed by atoms with Crippen LogP contribution in [-0.4, -0.2) is 60.6 Å². The van der Waals surface area contributed by atoms with Crippen LogP contribution in [0.1, 0.15) is 30.5 Å². The molecule has 25 heavy (non-hydrogen) atoms. The Bertz CT molecular complexity index is 603. The first-order chi connectivity index (χ1) is 11.9. The zero-order valence-electron chi connectivity index (χ0n) is 14.4. The lowest BCUT2D eigenvalue weighted by atomic mass is 9.98. The summed E-state index contributed by atoms with van der Waals surface area (Å²) in [6, 6.07) is 7.84. The van der Waals surface area contributed by atoms with E-state index in [1.807, 2.05) is 0 Å². The number of carbonyl (C=O) groups is 1. The van der Waals surface area contributed by atoms with Gasteiger partial charge in [0.25, 0.3) is 0 Å². The smallest absolute Gasteiger partial charge is 0.332 e. The van der Waals surface area contributed by atoms with Crippen molar-refractivity contribution >= 4 is 5.91 Å². The van der Waals surface area contributed by atoms with Crippen LogP contribution >= 0.6 is 0 Å². The molecule has 2 fully saturated rings. The van der Waals surface area contributed by atoms with E-state index in [1.165, 1.54) is 5.56 Å². The van der Waals surface area contributed by atoms with Crippen molar-refractivity contribution in [2.45, 2.75) is 38.0 Å². The number of rotatable bonds is 4. The highest BCUT2D eigenvalue weighted by atomic mass is 19.4. The van der Waals surface area contributed by atoms with Crippen molar-refractivity contribution in [3.63, 3.8) is 0 Å². The summed E-state index contributed by atoms with van der Waals surface area (Å²) in [5, 5.41) is 3.33. The van der Waals surface area contributed by atoms with Crippen molar-refractivity contribution in [3.8, 4) is 0 Å². The Morgan fingerprint density at radius 3 is 2.52 bits per heavy atom. The average molecular weight is 355 g/mol. The molecule has 7 heteroatoms. The molecule has 1 aromatic carbocycles. The molecule has 2 aliphatic rings. The third kappa shape index (κ3) is 4.15. The SMILES string of the molecule is CCc1ccc(C2CNCCN2C2CCN(CC(F)(F)F)C2=O)cc1. The maximum atomic E-state index is 12.6. The Morgan fingerprint density at radius 2 is 1.88 bits per heavy atom. The maximum Gasteiger partial charge on any atom is 0.406 e. The minimum absolute atomic E-state index is 0.0134. The summed E-state index contributed by atoms with van der Waals surface area (Å²) < 4.78 is 37.9. The zero-order valence-corrected chi connectivity index (χ0v) is 14.4. The molecule has 0 bridgehead atoms. The topological polar surface area (TPSA) is 35.6 Å². The van der Waals surface area contributed by atoms with E-state index in [0.717, 1.165) is 23.4 Å². The monoisotopic (exact) mass is 355 g/mol. The van der Waals surface area contributed by atoms with Crippen LogP contribution in [-0.2, 0) is 11.2 Å². The van der Waals surface area contributed by atoms with Crippen LogP contribution in [0.4, 0.5) is 13.2 Å². The number of carbonyl (C=O) groups excluding carboxylic acids is 1. The molecule has 4 nitrogen and oxygen atoms in total. The number of piperazine rings is 1. The van der Waals surface area contributed by atoms with E-state index in [4.69, 9.17) is 0 Å². The molecule has 1 N–H and O–H groups in total. The molecule has 2 aliphatic heterocycles. The molecule has 0 spiro atoms. The van der Waals surface area contributed by atoms with Crippen LogP contribution in [0, 0.1) is 0 Å². The Morgan fingerprint density at radius 1 is 1.16 bits per heavy atom. The molecule has 2 heterocycles. The Hall–Kier alpha value is -1.60. The van der Waals surface area contributed by atoms with Gasteiger partial charge in [-0.2, -0.15) is 13.2 Å². The highest BCUT2D eigenvalue weighted by Crippen LogP contribution is 2.30. The second-order valence-electron chi connectivity index (χ2n) is 6.73. The minimum atomic E-state index is -4.34. The van der Waals surface area contributed by atoms with Crippen LogP contribution in [0.25, 0.3) is 0 Å². The van der Waals surface area contributed by atoms with Gasteiger partial charge in [0.2, 0.25) is 5.91 Å². The molecular formula is C18H24F3N3O. The van der Waals surface area contributed by atoms with E-state index >= 15 is 0 Å². The number of aryl methyl sites for hydroxylation is 1. The molecule has 0 aromatic heterocycles. The molecule has 0 aliphatic carbocycles. The lowest BCUT2D eigenvalue weighted by Gasteiger charge is -2.39. The van der Waals surface area contributed by atoms with Crippen LogP contribution in [0.3, 0.4) is 0 Å². The molecule has 138 valence electrons. The fourth-order valence-corrected chi connectivity index (χ4v) is 3.78. The molecule has 0 saturated carbocycles. The molecule has 2 unspecified atom stereocenters. The lowest BCUT2D eigenvalue weighted by Crippen LogP contribution is -2.53. The van der Waals surface area contributed by atoms with Gasteiger partial charge < -0.3 is 10.2 Å². The fourth-order valence-electron chi connectivity index (χ4n) is 3.78. The van der Waals surface area contributed by atoms with Crippen molar-refractivity contribution in [1.82, 2.24) is 15.1 Å². The lowest BCUT2D eigenvalue weighted by molar-refractivity contribution is -0.159. The van der Waals surface area contributed by atoms with Crippen LogP contribution in [0.2, 0.25) is 0 Å². The summed E-state index contributed by atoms with van der Waals surface area (Å²) in [7, 11) is 0.